The number of carbonyl (C=O) groups excluding carboxylic acids is 1. The largest absolute Gasteiger partial charge is 0.480 e. The average molecular weight is 288 g/mol. The Labute approximate surface area is 114 Å². The summed E-state index contributed by atoms with van der Waals surface area (Å²) in [6.07, 6.45) is 1.29. The molecular weight excluding hydrogens is 274 g/mol. The van der Waals surface area contributed by atoms with Crippen LogP contribution in [0.2, 0.25) is 4.34 Å². The third-order valence-corrected chi connectivity index (χ3v) is 4.63. The van der Waals surface area contributed by atoms with E-state index in [9.17, 15) is 9.59 Å². The molecule has 4 nitrogen and oxygen atoms in total. The van der Waals surface area contributed by atoms with Crippen LogP contribution in [0.15, 0.2) is 12.1 Å². The molecule has 0 aliphatic carbocycles. The lowest BCUT2D eigenvalue weighted by molar-refractivity contribution is -0.148. The van der Waals surface area contributed by atoms with E-state index in [0.717, 1.165) is 11.3 Å². The molecule has 2 heterocycles. The molecule has 1 aliphatic rings. The van der Waals surface area contributed by atoms with E-state index in [1.54, 1.807) is 13.0 Å². The van der Waals surface area contributed by atoms with Crippen molar-refractivity contribution in [3.8, 4) is 0 Å². The molecule has 1 aromatic heterocycles. The summed E-state index contributed by atoms with van der Waals surface area (Å²) < 4.78 is 0.640. The Morgan fingerprint density at radius 3 is 2.83 bits per heavy atom. The Morgan fingerprint density at radius 2 is 2.28 bits per heavy atom. The molecule has 0 aromatic carbocycles. The number of hydrogen-bond donors (Lipinski definition) is 1. The molecular formula is C12H14ClNO3S. The van der Waals surface area contributed by atoms with Gasteiger partial charge in [-0.3, -0.25) is 4.79 Å². The standard InChI is InChI=1S/C12H14ClNO3S/c1-7(9-4-5-10(13)18-9)11(15)14-6-2-3-8(14)12(16)17/h4-5,7-8H,2-3,6H2,1H3,(H,16,17)/t7?,8-/m1/s1. The molecule has 1 aliphatic heterocycles. The summed E-state index contributed by atoms with van der Waals surface area (Å²) in [5.74, 6) is -1.38. The molecule has 1 unspecified atom stereocenters. The molecule has 1 N–H and O–H groups in total. The van der Waals surface area contributed by atoms with Gasteiger partial charge in [0.1, 0.15) is 6.04 Å². The number of hydrogen-bond acceptors (Lipinski definition) is 3. The van der Waals surface area contributed by atoms with Gasteiger partial charge in [0.2, 0.25) is 5.91 Å². The molecule has 0 radical (unpaired) electrons. The van der Waals surface area contributed by atoms with E-state index in [2.05, 4.69) is 0 Å². The van der Waals surface area contributed by atoms with Crippen LogP contribution >= 0.6 is 22.9 Å². The summed E-state index contributed by atoms with van der Waals surface area (Å²) in [7, 11) is 0. The van der Waals surface area contributed by atoms with Gasteiger partial charge in [-0.15, -0.1) is 11.3 Å². The monoisotopic (exact) mass is 287 g/mol. The highest BCUT2D eigenvalue weighted by Crippen LogP contribution is 2.31. The number of thiophene rings is 1. The van der Waals surface area contributed by atoms with Crippen molar-refractivity contribution in [1.82, 2.24) is 4.90 Å². The highest BCUT2D eigenvalue weighted by molar-refractivity contribution is 7.16. The maximum Gasteiger partial charge on any atom is 0.326 e. The van der Waals surface area contributed by atoms with Crippen molar-refractivity contribution >= 4 is 34.8 Å². The Hall–Kier alpha value is -1.07. The van der Waals surface area contributed by atoms with Crippen molar-refractivity contribution in [2.45, 2.75) is 31.7 Å². The lowest BCUT2D eigenvalue weighted by atomic mass is 10.1. The van der Waals surface area contributed by atoms with Gasteiger partial charge >= 0.3 is 5.97 Å². The summed E-state index contributed by atoms with van der Waals surface area (Å²) in [5.41, 5.74) is 0. The second kappa shape index (κ2) is 5.28. The summed E-state index contributed by atoms with van der Waals surface area (Å²) in [5, 5.41) is 9.08. The fourth-order valence-electron chi connectivity index (χ4n) is 2.22. The zero-order valence-corrected chi connectivity index (χ0v) is 11.5. The predicted octanol–water partition coefficient (Wildman–Crippen LogP) is 2.58. The van der Waals surface area contributed by atoms with Gasteiger partial charge in [-0.25, -0.2) is 4.79 Å². The Kier molecular flexibility index (Phi) is 3.92. The highest BCUT2D eigenvalue weighted by Gasteiger charge is 2.36. The highest BCUT2D eigenvalue weighted by atomic mass is 35.5. The molecule has 0 spiro atoms. The molecule has 0 bridgehead atoms. The smallest absolute Gasteiger partial charge is 0.326 e. The minimum absolute atomic E-state index is 0.126. The number of rotatable bonds is 3. The normalized spacial score (nSPS) is 21.0. The van der Waals surface area contributed by atoms with Gasteiger partial charge in [0, 0.05) is 11.4 Å². The maximum atomic E-state index is 12.3. The van der Waals surface area contributed by atoms with Gasteiger partial charge in [0.05, 0.1) is 10.3 Å². The third kappa shape index (κ3) is 2.52. The van der Waals surface area contributed by atoms with Gasteiger partial charge in [-0.05, 0) is 31.9 Å². The van der Waals surface area contributed by atoms with E-state index in [1.165, 1.54) is 16.2 Å². The fraction of sp³-hybridized carbons (Fsp3) is 0.500. The number of carboxylic acids is 1. The van der Waals surface area contributed by atoms with Crippen molar-refractivity contribution in [2.75, 3.05) is 6.54 Å². The first kappa shape index (κ1) is 13.4. The summed E-state index contributed by atoms with van der Waals surface area (Å²) in [6.45, 7) is 2.32. The first-order valence-electron chi connectivity index (χ1n) is 5.79. The number of halogens is 1. The number of nitrogens with zero attached hydrogens (tertiary/aromatic N) is 1. The van der Waals surface area contributed by atoms with Crippen molar-refractivity contribution in [3.63, 3.8) is 0 Å². The van der Waals surface area contributed by atoms with E-state index < -0.39 is 12.0 Å². The second-order valence-electron chi connectivity index (χ2n) is 4.39. The van der Waals surface area contributed by atoms with Gasteiger partial charge in [0.15, 0.2) is 0 Å². The van der Waals surface area contributed by atoms with Gasteiger partial charge in [-0.2, -0.15) is 0 Å². The van der Waals surface area contributed by atoms with Crippen LogP contribution in [0.5, 0.6) is 0 Å². The summed E-state index contributed by atoms with van der Waals surface area (Å²) in [4.78, 5) is 25.7. The van der Waals surface area contributed by atoms with Crippen LogP contribution in [0.4, 0.5) is 0 Å². The predicted molar refractivity (Wildman–Crippen MR) is 70.1 cm³/mol. The molecule has 2 atom stereocenters. The molecule has 1 fully saturated rings. The van der Waals surface area contributed by atoms with Crippen molar-refractivity contribution < 1.29 is 14.7 Å². The molecule has 18 heavy (non-hydrogen) atoms. The Morgan fingerprint density at radius 1 is 1.56 bits per heavy atom. The van der Waals surface area contributed by atoms with E-state index >= 15 is 0 Å². The van der Waals surface area contributed by atoms with Gasteiger partial charge < -0.3 is 10.0 Å². The Bertz CT molecular complexity index is 474. The van der Waals surface area contributed by atoms with Crippen LogP contribution in [0.25, 0.3) is 0 Å². The topological polar surface area (TPSA) is 57.6 Å². The van der Waals surface area contributed by atoms with Crippen LogP contribution in [0.3, 0.4) is 0 Å². The molecule has 6 heteroatoms. The molecule has 1 aromatic rings. The molecule has 98 valence electrons. The van der Waals surface area contributed by atoms with Gasteiger partial charge in [-0.1, -0.05) is 11.6 Å². The zero-order chi connectivity index (χ0) is 13.3. The van der Waals surface area contributed by atoms with Crippen LogP contribution in [0.1, 0.15) is 30.6 Å². The molecule has 1 saturated heterocycles. The second-order valence-corrected chi connectivity index (χ2v) is 6.14. The maximum absolute atomic E-state index is 12.3. The number of carboxylic acid groups (broad SMARTS) is 1. The SMILES string of the molecule is CC(C(=O)N1CCC[C@@H]1C(=O)O)c1ccc(Cl)s1. The quantitative estimate of drug-likeness (QED) is 0.929. The first-order valence-corrected chi connectivity index (χ1v) is 6.98. The zero-order valence-electron chi connectivity index (χ0n) is 9.93. The van der Waals surface area contributed by atoms with Crippen LogP contribution < -0.4 is 0 Å². The number of amides is 1. The molecule has 0 saturated carbocycles. The molecule has 2 rings (SSSR count). The summed E-state index contributed by atoms with van der Waals surface area (Å²) in [6, 6.07) is 2.90. The minimum atomic E-state index is -0.919. The lowest BCUT2D eigenvalue weighted by Gasteiger charge is -2.24. The van der Waals surface area contributed by atoms with E-state index in [-0.39, 0.29) is 11.8 Å². The first-order chi connectivity index (χ1) is 8.50. The van der Waals surface area contributed by atoms with Crippen molar-refractivity contribution in [2.24, 2.45) is 0 Å². The third-order valence-electron chi connectivity index (χ3n) is 3.21. The van der Waals surface area contributed by atoms with Crippen LogP contribution in [0, 0.1) is 0 Å². The minimum Gasteiger partial charge on any atom is -0.480 e. The van der Waals surface area contributed by atoms with Crippen molar-refractivity contribution in [3.05, 3.63) is 21.3 Å². The van der Waals surface area contributed by atoms with E-state index in [4.69, 9.17) is 16.7 Å². The van der Waals surface area contributed by atoms with E-state index in [1.807, 2.05) is 6.07 Å². The van der Waals surface area contributed by atoms with Crippen LogP contribution in [-0.2, 0) is 9.59 Å². The number of aliphatic carboxylic acids is 1. The van der Waals surface area contributed by atoms with E-state index in [0.29, 0.717) is 17.3 Å². The lowest BCUT2D eigenvalue weighted by Crippen LogP contribution is -2.42. The number of likely N-dealkylation sites (tertiary alicyclic amines) is 1. The van der Waals surface area contributed by atoms with Crippen molar-refractivity contribution in [1.29, 1.82) is 0 Å². The molecule has 1 amide bonds. The van der Waals surface area contributed by atoms with Gasteiger partial charge in [0.25, 0.3) is 0 Å². The summed E-state index contributed by atoms with van der Waals surface area (Å²) >= 11 is 7.21. The Balaban J connectivity index is 2.13. The average Bonchev–Trinajstić information content (AvgIpc) is 2.95. The van der Waals surface area contributed by atoms with Crippen LogP contribution in [-0.4, -0.2) is 34.5 Å². The fourth-order valence-corrected chi connectivity index (χ4v) is 3.32. The number of carbonyl (C=O) groups is 2.